The number of aliphatic hydroxyl groups is 1. The summed E-state index contributed by atoms with van der Waals surface area (Å²) < 4.78 is 26.0. The van der Waals surface area contributed by atoms with Crippen molar-refractivity contribution in [2.24, 2.45) is 5.73 Å². The van der Waals surface area contributed by atoms with Crippen LogP contribution in [0.25, 0.3) is 0 Å². The first kappa shape index (κ1) is 11.2. The van der Waals surface area contributed by atoms with Crippen molar-refractivity contribution in [2.45, 2.75) is 6.10 Å². The normalized spacial score (nSPS) is 12.9. The third kappa shape index (κ3) is 1.79. The Bertz CT molecular complexity index is 360. The van der Waals surface area contributed by atoms with Crippen molar-refractivity contribution in [2.75, 3.05) is 6.54 Å². The van der Waals surface area contributed by atoms with Crippen LogP contribution in [0.1, 0.15) is 11.7 Å². The summed E-state index contributed by atoms with van der Waals surface area (Å²) in [6.45, 7) is -0.266. The molecule has 6 heteroatoms. The van der Waals surface area contributed by atoms with Crippen LogP contribution < -0.4 is 5.73 Å². The van der Waals surface area contributed by atoms with E-state index in [-0.39, 0.29) is 17.1 Å². The minimum Gasteiger partial charge on any atom is -0.504 e. The van der Waals surface area contributed by atoms with Crippen molar-refractivity contribution >= 4 is 11.6 Å². The van der Waals surface area contributed by atoms with Gasteiger partial charge in [0.25, 0.3) is 0 Å². The molecule has 0 radical (unpaired) electrons. The number of aromatic hydroxyl groups is 1. The molecular formula is C8H8ClF2NO2. The predicted molar refractivity (Wildman–Crippen MR) is 47.0 cm³/mol. The Balaban J connectivity index is 3.33. The number of phenolic OH excluding ortho intramolecular Hbond substituents is 1. The molecule has 0 heterocycles. The Kier molecular flexibility index (Phi) is 3.25. The molecule has 0 aliphatic heterocycles. The van der Waals surface area contributed by atoms with Gasteiger partial charge in [0.1, 0.15) is 0 Å². The van der Waals surface area contributed by atoms with Crippen LogP contribution in [-0.2, 0) is 0 Å². The zero-order valence-corrected chi connectivity index (χ0v) is 7.72. The molecule has 1 unspecified atom stereocenters. The number of aliphatic hydroxyl groups excluding tert-OH is 1. The smallest absolute Gasteiger partial charge is 0.202 e. The van der Waals surface area contributed by atoms with E-state index in [0.29, 0.717) is 0 Å². The second-order valence-corrected chi connectivity index (χ2v) is 3.08. The lowest BCUT2D eigenvalue weighted by Crippen LogP contribution is -2.13. The van der Waals surface area contributed by atoms with Gasteiger partial charge in [0.2, 0.25) is 5.82 Å². The summed E-state index contributed by atoms with van der Waals surface area (Å²) in [4.78, 5) is 0. The average molecular weight is 224 g/mol. The van der Waals surface area contributed by atoms with Crippen molar-refractivity contribution in [1.29, 1.82) is 0 Å². The zero-order chi connectivity index (χ0) is 10.9. The summed E-state index contributed by atoms with van der Waals surface area (Å²) in [5.74, 6) is -3.80. The molecule has 0 amide bonds. The summed E-state index contributed by atoms with van der Waals surface area (Å²) in [6.07, 6.45) is -1.34. The lowest BCUT2D eigenvalue weighted by molar-refractivity contribution is 0.180. The van der Waals surface area contributed by atoms with Gasteiger partial charge in [0.05, 0.1) is 11.1 Å². The molecule has 3 nitrogen and oxygen atoms in total. The van der Waals surface area contributed by atoms with E-state index in [1.165, 1.54) is 0 Å². The molecule has 0 spiro atoms. The molecule has 1 aromatic rings. The molecule has 0 aliphatic rings. The minimum atomic E-state index is -1.49. The number of nitrogens with two attached hydrogens (primary N) is 1. The molecule has 0 fully saturated rings. The maximum absolute atomic E-state index is 13.1. The van der Waals surface area contributed by atoms with Crippen LogP contribution in [-0.4, -0.2) is 16.8 Å². The quantitative estimate of drug-likeness (QED) is 0.663. The maximum Gasteiger partial charge on any atom is 0.202 e. The van der Waals surface area contributed by atoms with E-state index >= 15 is 0 Å². The van der Waals surface area contributed by atoms with Crippen LogP contribution in [0.3, 0.4) is 0 Å². The summed E-state index contributed by atoms with van der Waals surface area (Å²) >= 11 is 5.38. The maximum atomic E-state index is 13.1. The molecule has 78 valence electrons. The number of rotatable bonds is 2. The number of phenols is 1. The van der Waals surface area contributed by atoms with Gasteiger partial charge < -0.3 is 15.9 Å². The van der Waals surface area contributed by atoms with Crippen LogP contribution in [0.4, 0.5) is 8.78 Å². The lowest BCUT2D eigenvalue weighted by atomic mass is 10.1. The van der Waals surface area contributed by atoms with E-state index in [1.54, 1.807) is 0 Å². The molecule has 0 aromatic heterocycles. The second kappa shape index (κ2) is 4.08. The summed E-state index contributed by atoms with van der Waals surface area (Å²) in [7, 11) is 0. The van der Waals surface area contributed by atoms with Gasteiger partial charge >= 0.3 is 0 Å². The fraction of sp³-hybridized carbons (Fsp3) is 0.250. The molecule has 0 aliphatic carbocycles. The summed E-state index contributed by atoms with van der Waals surface area (Å²) in [6, 6.07) is 0.937. The molecular weight excluding hydrogens is 216 g/mol. The van der Waals surface area contributed by atoms with Gasteiger partial charge in [-0.25, -0.2) is 4.39 Å². The van der Waals surface area contributed by atoms with E-state index in [1.807, 2.05) is 0 Å². The van der Waals surface area contributed by atoms with Gasteiger partial charge in [-0.2, -0.15) is 4.39 Å². The largest absolute Gasteiger partial charge is 0.504 e. The Hall–Kier alpha value is -0.910. The van der Waals surface area contributed by atoms with Crippen molar-refractivity contribution < 1.29 is 19.0 Å². The highest BCUT2D eigenvalue weighted by atomic mass is 35.5. The molecule has 4 N–H and O–H groups in total. The first-order valence-corrected chi connectivity index (χ1v) is 4.11. The van der Waals surface area contributed by atoms with Gasteiger partial charge in [-0.05, 0) is 6.07 Å². The van der Waals surface area contributed by atoms with Crippen molar-refractivity contribution in [3.63, 3.8) is 0 Å². The van der Waals surface area contributed by atoms with E-state index in [4.69, 9.17) is 22.4 Å². The Morgan fingerprint density at radius 3 is 2.50 bits per heavy atom. The first-order valence-electron chi connectivity index (χ1n) is 3.73. The van der Waals surface area contributed by atoms with Gasteiger partial charge in [0.15, 0.2) is 11.6 Å². The Morgan fingerprint density at radius 2 is 2.00 bits per heavy atom. The zero-order valence-electron chi connectivity index (χ0n) is 6.97. The van der Waals surface area contributed by atoms with E-state index in [9.17, 15) is 13.9 Å². The standard InChI is InChI=1S/C8H8ClF2NO2/c9-4-1-3(5(13)2-12)6(10)7(11)8(4)14/h1,5,13-14H,2,12H2. The molecule has 1 atom stereocenters. The monoisotopic (exact) mass is 223 g/mol. The van der Waals surface area contributed by atoms with Crippen LogP contribution in [0.15, 0.2) is 6.07 Å². The Labute approximate surface area is 83.7 Å². The topological polar surface area (TPSA) is 66.5 Å². The van der Waals surface area contributed by atoms with Gasteiger partial charge in [0, 0.05) is 12.1 Å². The molecule has 14 heavy (non-hydrogen) atoms. The van der Waals surface area contributed by atoms with Gasteiger partial charge in [-0.3, -0.25) is 0 Å². The average Bonchev–Trinajstić information content (AvgIpc) is 2.19. The fourth-order valence-corrected chi connectivity index (χ4v) is 1.17. The van der Waals surface area contributed by atoms with Crippen molar-refractivity contribution in [3.05, 3.63) is 28.3 Å². The highest BCUT2D eigenvalue weighted by molar-refractivity contribution is 6.32. The van der Waals surface area contributed by atoms with Crippen LogP contribution >= 0.6 is 11.6 Å². The van der Waals surface area contributed by atoms with Crippen LogP contribution in [0.2, 0.25) is 5.02 Å². The van der Waals surface area contributed by atoms with E-state index in [0.717, 1.165) is 6.07 Å². The second-order valence-electron chi connectivity index (χ2n) is 2.68. The van der Waals surface area contributed by atoms with Crippen molar-refractivity contribution in [3.8, 4) is 5.75 Å². The highest BCUT2D eigenvalue weighted by Gasteiger charge is 2.20. The summed E-state index contributed by atoms with van der Waals surface area (Å²) in [5, 5.41) is 17.7. The first-order chi connectivity index (χ1) is 6.49. The SMILES string of the molecule is NCC(O)c1cc(Cl)c(O)c(F)c1F. The van der Waals surface area contributed by atoms with Crippen LogP contribution in [0.5, 0.6) is 5.75 Å². The number of hydrogen-bond donors (Lipinski definition) is 3. The predicted octanol–water partition coefficient (Wildman–Crippen LogP) is 1.32. The molecule has 1 aromatic carbocycles. The minimum absolute atomic E-state index is 0.266. The fourth-order valence-electron chi connectivity index (χ4n) is 0.973. The molecule has 0 bridgehead atoms. The third-order valence-corrected chi connectivity index (χ3v) is 2.03. The lowest BCUT2D eigenvalue weighted by Gasteiger charge is -2.11. The van der Waals surface area contributed by atoms with E-state index < -0.39 is 23.5 Å². The van der Waals surface area contributed by atoms with Gasteiger partial charge in [-0.1, -0.05) is 11.6 Å². The molecule has 0 saturated heterocycles. The number of benzene rings is 1. The number of halogens is 3. The number of hydrogen-bond acceptors (Lipinski definition) is 3. The molecule has 1 rings (SSSR count). The van der Waals surface area contributed by atoms with E-state index in [2.05, 4.69) is 0 Å². The third-order valence-electron chi connectivity index (χ3n) is 1.74. The van der Waals surface area contributed by atoms with Crippen LogP contribution in [0, 0.1) is 11.6 Å². The summed E-state index contributed by atoms with van der Waals surface area (Å²) in [5.41, 5.74) is 4.70. The van der Waals surface area contributed by atoms with Gasteiger partial charge in [-0.15, -0.1) is 0 Å². The van der Waals surface area contributed by atoms with Crippen molar-refractivity contribution in [1.82, 2.24) is 0 Å². The molecule has 0 saturated carbocycles. The highest BCUT2D eigenvalue weighted by Crippen LogP contribution is 2.32. The Morgan fingerprint density at radius 1 is 1.43 bits per heavy atom.